The summed E-state index contributed by atoms with van der Waals surface area (Å²) in [4.78, 5) is 2.56. The Balaban J connectivity index is 1.73. The van der Waals surface area contributed by atoms with E-state index >= 15 is 0 Å². The molecule has 1 N–H and O–H groups in total. The fraction of sp³-hybridized carbons (Fsp3) is 0.647. The molecule has 2 aliphatic rings. The summed E-state index contributed by atoms with van der Waals surface area (Å²) in [7, 11) is 0. The maximum atomic E-state index is 13.5. The van der Waals surface area contributed by atoms with Gasteiger partial charge in [-0.1, -0.05) is 22.9 Å². The fourth-order valence-electron chi connectivity index (χ4n) is 3.89. The molecule has 2 unspecified atom stereocenters. The number of halogens is 2. The normalized spacial score (nSPS) is 28.3. The van der Waals surface area contributed by atoms with E-state index in [4.69, 9.17) is 0 Å². The average Bonchev–Trinajstić information content (AvgIpc) is 2.81. The lowest BCUT2D eigenvalue weighted by atomic mass is 9.97. The molecule has 0 radical (unpaired) electrons. The van der Waals surface area contributed by atoms with E-state index in [-0.39, 0.29) is 5.82 Å². The van der Waals surface area contributed by atoms with Gasteiger partial charge in [0.15, 0.2) is 0 Å². The van der Waals surface area contributed by atoms with Gasteiger partial charge in [-0.15, -0.1) is 0 Å². The quantitative estimate of drug-likeness (QED) is 0.856. The molecule has 1 aromatic carbocycles. The molecule has 0 amide bonds. The van der Waals surface area contributed by atoms with Crippen LogP contribution in [0.2, 0.25) is 0 Å². The number of benzene rings is 1. The first-order chi connectivity index (χ1) is 10.2. The van der Waals surface area contributed by atoms with Gasteiger partial charge < -0.3 is 5.32 Å². The second-order valence-corrected chi connectivity index (χ2v) is 7.32. The Morgan fingerprint density at radius 2 is 2.00 bits per heavy atom. The van der Waals surface area contributed by atoms with Gasteiger partial charge in [0.1, 0.15) is 5.82 Å². The third-order valence-electron chi connectivity index (χ3n) is 4.86. The third kappa shape index (κ3) is 3.66. The van der Waals surface area contributed by atoms with Gasteiger partial charge in [-0.25, -0.2) is 4.39 Å². The van der Waals surface area contributed by atoms with Gasteiger partial charge in [-0.2, -0.15) is 0 Å². The highest BCUT2D eigenvalue weighted by Crippen LogP contribution is 2.31. The summed E-state index contributed by atoms with van der Waals surface area (Å²) in [6.07, 6.45) is 6.27. The summed E-state index contributed by atoms with van der Waals surface area (Å²) < 4.78 is 14.5. The standard InChI is InChI=1S/C17H24BrFN2/c1-2-7-21(11-12-8-13(19)3-6-17(12)18)16-9-14-4-5-15(10-16)20-14/h3,6,8,14-16,20H,2,4-5,7,9-11H2,1H3. The third-order valence-corrected chi connectivity index (χ3v) is 5.63. The van der Waals surface area contributed by atoms with Crippen molar-refractivity contribution in [2.24, 2.45) is 0 Å². The summed E-state index contributed by atoms with van der Waals surface area (Å²) in [6.45, 7) is 4.16. The van der Waals surface area contributed by atoms with Crippen LogP contribution in [0.15, 0.2) is 22.7 Å². The van der Waals surface area contributed by atoms with Crippen LogP contribution in [0.5, 0.6) is 0 Å². The fourth-order valence-corrected chi connectivity index (χ4v) is 4.26. The molecule has 116 valence electrons. The monoisotopic (exact) mass is 354 g/mol. The van der Waals surface area contributed by atoms with Crippen LogP contribution in [-0.4, -0.2) is 29.6 Å². The zero-order valence-corrected chi connectivity index (χ0v) is 14.2. The van der Waals surface area contributed by atoms with Gasteiger partial charge >= 0.3 is 0 Å². The van der Waals surface area contributed by atoms with E-state index in [2.05, 4.69) is 33.1 Å². The predicted molar refractivity (Wildman–Crippen MR) is 87.8 cm³/mol. The number of hydrogen-bond donors (Lipinski definition) is 1. The van der Waals surface area contributed by atoms with E-state index in [1.165, 1.54) is 31.7 Å². The Hall–Kier alpha value is -0.450. The van der Waals surface area contributed by atoms with Crippen molar-refractivity contribution in [2.45, 2.75) is 63.7 Å². The van der Waals surface area contributed by atoms with E-state index in [0.29, 0.717) is 18.1 Å². The van der Waals surface area contributed by atoms with Gasteiger partial charge in [-0.05, 0) is 62.4 Å². The molecule has 2 heterocycles. The first-order valence-corrected chi connectivity index (χ1v) is 8.89. The van der Waals surface area contributed by atoms with Crippen LogP contribution in [0.4, 0.5) is 4.39 Å². The molecule has 0 saturated carbocycles. The zero-order chi connectivity index (χ0) is 14.8. The summed E-state index contributed by atoms with van der Waals surface area (Å²) in [6, 6.07) is 7.04. The molecule has 2 bridgehead atoms. The van der Waals surface area contributed by atoms with Crippen molar-refractivity contribution in [3.05, 3.63) is 34.1 Å². The Bertz CT molecular complexity index is 482. The maximum absolute atomic E-state index is 13.5. The van der Waals surface area contributed by atoms with Gasteiger partial charge in [0.05, 0.1) is 0 Å². The van der Waals surface area contributed by atoms with Crippen LogP contribution < -0.4 is 5.32 Å². The molecule has 1 aromatic rings. The summed E-state index contributed by atoms with van der Waals surface area (Å²) in [5, 5.41) is 3.71. The molecule has 4 heteroatoms. The van der Waals surface area contributed by atoms with Gasteiger partial charge in [0, 0.05) is 29.1 Å². The lowest BCUT2D eigenvalue weighted by Gasteiger charge is -2.38. The first kappa shape index (κ1) is 15.4. The van der Waals surface area contributed by atoms with Crippen LogP contribution >= 0.6 is 15.9 Å². The predicted octanol–water partition coefficient (Wildman–Crippen LogP) is 4.08. The molecule has 21 heavy (non-hydrogen) atoms. The lowest BCUT2D eigenvalue weighted by molar-refractivity contribution is 0.133. The van der Waals surface area contributed by atoms with Crippen molar-refractivity contribution in [1.82, 2.24) is 10.2 Å². The smallest absolute Gasteiger partial charge is 0.123 e. The van der Waals surface area contributed by atoms with E-state index in [1.54, 1.807) is 6.07 Å². The second-order valence-electron chi connectivity index (χ2n) is 6.47. The van der Waals surface area contributed by atoms with E-state index in [9.17, 15) is 4.39 Å². The van der Waals surface area contributed by atoms with Crippen molar-refractivity contribution >= 4 is 15.9 Å². The highest BCUT2D eigenvalue weighted by atomic mass is 79.9. The number of nitrogens with zero attached hydrogens (tertiary/aromatic N) is 1. The molecule has 0 spiro atoms. The molecule has 0 aromatic heterocycles. The van der Waals surface area contributed by atoms with E-state index < -0.39 is 0 Å². The molecule has 2 atom stereocenters. The van der Waals surface area contributed by atoms with Crippen molar-refractivity contribution in [3.8, 4) is 0 Å². The van der Waals surface area contributed by atoms with E-state index in [0.717, 1.165) is 29.5 Å². The summed E-state index contributed by atoms with van der Waals surface area (Å²) >= 11 is 3.56. The molecule has 2 saturated heterocycles. The lowest BCUT2D eigenvalue weighted by Crippen LogP contribution is -2.48. The summed E-state index contributed by atoms with van der Waals surface area (Å²) in [5.41, 5.74) is 1.06. The number of fused-ring (bicyclic) bond motifs is 2. The number of rotatable bonds is 5. The molecule has 2 nitrogen and oxygen atoms in total. The molecule has 3 rings (SSSR count). The summed E-state index contributed by atoms with van der Waals surface area (Å²) in [5.74, 6) is -0.143. The van der Waals surface area contributed by atoms with Crippen molar-refractivity contribution in [2.75, 3.05) is 6.54 Å². The zero-order valence-electron chi connectivity index (χ0n) is 12.6. The minimum absolute atomic E-state index is 0.143. The number of piperidine rings is 1. The number of hydrogen-bond acceptors (Lipinski definition) is 2. The molecule has 2 fully saturated rings. The molecule has 2 aliphatic heterocycles. The highest BCUT2D eigenvalue weighted by Gasteiger charge is 2.35. The van der Waals surface area contributed by atoms with Gasteiger partial charge in [0.2, 0.25) is 0 Å². The average molecular weight is 355 g/mol. The molecule has 0 aliphatic carbocycles. The minimum Gasteiger partial charge on any atom is -0.311 e. The molecular weight excluding hydrogens is 331 g/mol. The van der Waals surface area contributed by atoms with Crippen molar-refractivity contribution in [3.63, 3.8) is 0 Å². The van der Waals surface area contributed by atoms with Crippen LogP contribution in [0, 0.1) is 5.82 Å². The Morgan fingerprint density at radius 1 is 1.29 bits per heavy atom. The van der Waals surface area contributed by atoms with Gasteiger partial charge in [-0.3, -0.25) is 4.90 Å². The number of nitrogens with one attached hydrogen (secondary N) is 1. The van der Waals surface area contributed by atoms with Gasteiger partial charge in [0.25, 0.3) is 0 Å². The maximum Gasteiger partial charge on any atom is 0.123 e. The Morgan fingerprint density at radius 3 is 2.67 bits per heavy atom. The van der Waals surface area contributed by atoms with Crippen LogP contribution in [0.1, 0.15) is 44.6 Å². The molecular formula is C17H24BrFN2. The second kappa shape index (κ2) is 6.76. The van der Waals surface area contributed by atoms with Crippen molar-refractivity contribution in [1.29, 1.82) is 0 Å². The Labute approximate surface area is 135 Å². The first-order valence-electron chi connectivity index (χ1n) is 8.09. The minimum atomic E-state index is -0.143. The van der Waals surface area contributed by atoms with Crippen LogP contribution in [0.25, 0.3) is 0 Å². The highest BCUT2D eigenvalue weighted by molar-refractivity contribution is 9.10. The Kier molecular flexibility index (Phi) is 4.97. The van der Waals surface area contributed by atoms with Crippen LogP contribution in [0.3, 0.4) is 0 Å². The van der Waals surface area contributed by atoms with Crippen molar-refractivity contribution < 1.29 is 4.39 Å². The topological polar surface area (TPSA) is 15.3 Å². The SMILES string of the molecule is CCCN(Cc1cc(F)ccc1Br)C1CC2CCC(C1)N2. The van der Waals surface area contributed by atoms with Crippen LogP contribution in [-0.2, 0) is 6.54 Å². The van der Waals surface area contributed by atoms with E-state index in [1.807, 2.05) is 6.07 Å². The largest absolute Gasteiger partial charge is 0.311 e.